The van der Waals surface area contributed by atoms with Crippen molar-refractivity contribution < 1.29 is 0 Å². The van der Waals surface area contributed by atoms with Gasteiger partial charge in [0.1, 0.15) is 0 Å². The monoisotopic (exact) mass is 1310 g/mol. The van der Waals surface area contributed by atoms with Crippen molar-refractivity contribution in [2.24, 2.45) is 0 Å². The van der Waals surface area contributed by atoms with E-state index in [1.54, 1.807) is 0 Å². The van der Waals surface area contributed by atoms with Crippen LogP contribution in [-0.4, -0.2) is 13.4 Å². The van der Waals surface area contributed by atoms with E-state index in [1.807, 2.05) is 34.0 Å². The molecule has 4 aliphatic heterocycles. The van der Waals surface area contributed by atoms with Crippen LogP contribution in [-0.2, 0) is 0 Å². The Bertz CT molecular complexity index is 5590. The average molecular weight is 1320 g/mol. The molecule has 6 nitrogen and oxygen atoms in total. The summed E-state index contributed by atoms with van der Waals surface area (Å²) >= 11 is 5.81. The number of nitrogens with zero attached hydrogens (tertiary/aromatic N) is 6. The molecule has 0 spiro atoms. The Labute approximate surface area is 586 Å². The zero-order valence-electron chi connectivity index (χ0n) is 53.4. The summed E-state index contributed by atoms with van der Waals surface area (Å²) in [6.45, 7) is -0.227. The van der Waals surface area contributed by atoms with Gasteiger partial charge < -0.3 is 29.4 Å². The highest BCUT2D eigenvalue weighted by molar-refractivity contribution is 7.34. The van der Waals surface area contributed by atoms with E-state index < -0.39 is 0 Å². The van der Waals surface area contributed by atoms with Crippen molar-refractivity contribution >= 4 is 222 Å². The van der Waals surface area contributed by atoms with Crippen LogP contribution in [0.25, 0.3) is 40.3 Å². The smallest absolute Gasteiger partial charge is 0.264 e. The van der Waals surface area contributed by atoms with Crippen LogP contribution in [0, 0.1) is 0 Å². The van der Waals surface area contributed by atoms with E-state index in [4.69, 9.17) is 0 Å². The molecule has 3 aromatic heterocycles. The molecule has 0 atom stereocenters. The number of hydrogen-bond donors (Lipinski definition) is 0. The molecular formula is C88H56B2N6S3. The Kier molecular flexibility index (Phi) is 12.7. The maximum atomic E-state index is 2.62. The molecule has 0 amide bonds. The summed E-state index contributed by atoms with van der Waals surface area (Å²) in [7, 11) is 0. The molecule has 21 rings (SSSR count). The second-order valence-corrected chi connectivity index (χ2v) is 29.1. The van der Waals surface area contributed by atoms with Gasteiger partial charge in [-0.3, -0.25) is 0 Å². The van der Waals surface area contributed by atoms with Crippen molar-refractivity contribution in [1.82, 2.24) is 0 Å². The minimum Gasteiger partial charge on any atom is -0.311 e. The Morgan fingerprint density at radius 2 is 0.505 bits per heavy atom. The standard InChI is InChI=1S/C88H56B2N6S3/c1-9-29-57(30-10-1)91(58-31-11-2-12-32-58)65-49-75-83-77(51-65)95(63-41-21-7-22-42-63)85-67-45-25-27-47-79(67)98-87(85)89(83)71-53-69-70-54-72-74(56-82(70)97-81(69)55-73(71)93(75)61-37-17-5-18-38-61)94(62-39-19-6-20-40-62)76-50-66(92(59-33-13-3-14-34-59)60-35-15-4-16-36-60)52-78-84(76)90(72)88-86(68-46-26-28-48-80(68)99-88)96(78)64-43-23-8-24-44-64/h1-56H. The Morgan fingerprint density at radius 3 is 0.838 bits per heavy atom. The number of benzene rings is 14. The molecule has 0 unspecified atom stereocenters. The average Bonchev–Trinajstić information content (AvgIpc) is 1.67. The molecule has 0 radical (unpaired) electrons. The predicted molar refractivity (Wildman–Crippen MR) is 428 cm³/mol. The highest BCUT2D eigenvalue weighted by Gasteiger charge is 2.49. The molecule has 14 aromatic carbocycles. The number of rotatable bonds is 10. The van der Waals surface area contributed by atoms with Gasteiger partial charge in [-0.2, -0.15) is 0 Å². The van der Waals surface area contributed by atoms with Crippen molar-refractivity contribution in [2.75, 3.05) is 29.4 Å². The topological polar surface area (TPSA) is 19.4 Å². The summed E-state index contributed by atoms with van der Waals surface area (Å²) < 4.78 is 7.73. The third kappa shape index (κ3) is 8.61. The van der Waals surface area contributed by atoms with E-state index >= 15 is 0 Å². The lowest BCUT2D eigenvalue weighted by Crippen LogP contribution is -2.60. The molecule has 0 saturated carbocycles. The molecule has 7 heterocycles. The third-order valence-corrected chi connectivity index (χ3v) is 24.0. The fourth-order valence-electron chi connectivity index (χ4n) is 16.5. The quantitative estimate of drug-likeness (QED) is 0.126. The van der Waals surface area contributed by atoms with Gasteiger partial charge >= 0.3 is 0 Å². The second-order valence-electron chi connectivity index (χ2n) is 25.9. The molecule has 0 fully saturated rings. The molecule has 462 valence electrons. The highest BCUT2D eigenvalue weighted by Crippen LogP contribution is 2.55. The van der Waals surface area contributed by atoms with E-state index in [2.05, 4.69) is 369 Å². The van der Waals surface area contributed by atoms with Gasteiger partial charge in [0.25, 0.3) is 13.4 Å². The van der Waals surface area contributed by atoms with Gasteiger partial charge in [-0.05, 0) is 178 Å². The molecule has 0 aliphatic carbocycles. The van der Waals surface area contributed by atoms with Crippen LogP contribution < -0.4 is 60.8 Å². The molecular weight excluding hydrogens is 1260 g/mol. The largest absolute Gasteiger partial charge is 0.311 e. The van der Waals surface area contributed by atoms with Gasteiger partial charge in [-0.1, -0.05) is 194 Å². The van der Waals surface area contributed by atoms with Crippen molar-refractivity contribution in [2.45, 2.75) is 0 Å². The second kappa shape index (κ2) is 22.4. The normalized spacial score (nSPS) is 13.1. The van der Waals surface area contributed by atoms with Gasteiger partial charge in [0.15, 0.2) is 0 Å². The fraction of sp³-hybridized carbons (Fsp3) is 0. The van der Waals surface area contributed by atoms with E-state index in [0.717, 1.165) is 79.6 Å². The first-order valence-corrected chi connectivity index (χ1v) is 36.2. The van der Waals surface area contributed by atoms with Gasteiger partial charge in [-0.15, -0.1) is 34.0 Å². The fourth-order valence-corrected chi connectivity index (χ4v) is 20.2. The van der Waals surface area contributed by atoms with Crippen LogP contribution in [0.2, 0.25) is 0 Å². The van der Waals surface area contributed by atoms with E-state index in [1.165, 1.54) is 94.5 Å². The zero-order chi connectivity index (χ0) is 64.8. The Morgan fingerprint density at radius 1 is 0.222 bits per heavy atom. The first-order chi connectivity index (χ1) is 49.1. The summed E-state index contributed by atoms with van der Waals surface area (Å²) in [6.07, 6.45) is 0. The highest BCUT2D eigenvalue weighted by atomic mass is 32.1. The lowest BCUT2D eigenvalue weighted by molar-refractivity contribution is 1.23. The molecule has 4 aliphatic rings. The molecule has 0 saturated heterocycles. The van der Waals surface area contributed by atoms with Crippen molar-refractivity contribution in [1.29, 1.82) is 0 Å². The van der Waals surface area contributed by atoms with E-state index in [9.17, 15) is 0 Å². The van der Waals surface area contributed by atoms with E-state index in [-0.39, 0.29) is 13.4 Å². The molecule has 11 heteroatoms. The molecule has 0 bridgehead atoms. The third-order valence-electron chi connectivity index (χ3n) is 20.4. The van der Waals surface area contributed by atoms with Crippen molar-refractivity contribution in [3.63, 3.8) is 0 Å². The summed E-state index contributed by atoms with van der Waals surface area (Å²) in [5, 5.41) is 5.05. The number of anilines is 18. The lowest BCUT2D eigenvalue weighted by atomic mass is 9.36. The SMILES string of the molecule is c1ccc(N(c2ccccc2)c2cc3c4c(c2)N(c2ccccc2)c2c(sc5ccccc25)B4c2cc4c(cc2N3c2ccccc2)sc2cc3c(cc24)B2c4sc5ccccc5c4N(c4ccccc4)c4cc(N(c5ccccc5)c5ccccc5)cc(c42)N3c2ccccc2)cc1. The van der Waals surface area contributed by atoms with Crippen LogP contribution >= 0.6 is 34.0 Å². The summed E-state index contributed by atoms with van der Waals surface area (Å²) in [5.41, 5.74) is 25.7. The van der Waals surface area contributed by atoms with Crippen LogP contribution in [0.4, 0.5) is 102 Å². The van der Waals surface area contributed by atoms with Crippen molar-refractivity contribution in [3.05, 3.63) is 340 Å². The number of fused-ring (bicyclic) bond motifs is 15. The van der Waals surface area contributed by atoms with Crippen LogP contribution in [0.3, 0.4) is 0 Å². The minimum atomic E-state index is -0.114. The number of para-hydroxylation sites is 8. The van der Waals surface area contributed by atoms with Gasteiger partial charge in [-0.25, -0.2) is 0 Å². The predicted octanol–water partition coefficient (Wildman–Crippen LogP) is 21.6. The maximum absolute atomic E-state index is 2.62. The van der Waals surface area contributed by atoms with E-state index in [0.29, 0.717) is 0 Å². The van der Waals surface area contributed by atoms with Gasteiger partial charge in [0.05, 0.1) is 22.7 Å². The zero-order valence-corrected chi connectivity index (χ0v) is 55.8. The maximum Gasteiger partial charge on any atom is 0.264 e. The number of hydrogen-bond acceptors (Lipinski definition) is 9. The van der Waals surface area contributed by atoms with Gasteiger partial charge in [0.2, 0.25) is 0 Å². The van der Waals surface area contributed by atoms with Crippen molar-refractivity contribution in [3.8, 4) is 0 Å². The minimum absolute atomic E-state index is 0.114. The van der Waals surface area contributed by atoms with Crippen LogP contribution in [0.1, 0.15) is 0 Å². The number of thiophene rings is 3. The lowest BCUT2D eigenvalue weighted by Gasteiger charge is -2.44. The summed E-state index contributed by atoms with van der Waals surface area (Å²) in [4.78, 5) is 15.2. The van der Waals surface area contributed by atoms with Crippen LogP contribution in [0.5, 0.6) is 0 Å². The molecule has 99 heavy (non-hydrogen) atoms. The summed E-state index contributed by atoms with van der Waals surface area (Å²) in [6, 6.07) is 126. The Balaban J connectivity index is 0.857. The molecule has 0 N–H and O–H groups in total. The first-order valence-electron chi connectivity index (χ1n) is 33.8. The first kappa shape index (κ1) is 56.3. The Hall–Kier alpha value is -11.9. The van der Waals surface area contributed by atoms with Crippen LogP contribution in [0.15, 0.2) is 340 Å². The molecule has 17 aromatic rings. The van der Waals surface area contributed by atoms with Gasteiger partial charge in [0, 0.05) is 119 Å². The summed E-state index contributed by atoms with van der Waals surface area (Å²) in [5.74, 6) is 0.